The van der Waals surface area contributed by atoms with Crippen molar-refractivity contribution < 1.29 is 29.6 Å². The Morgan fingerprint density at radius 1 is 0.650 bits per heavy atom. The number of hydrogen-bond donors (Lipinski definition) is 0. The first-order valence-corrected chi connectivity index (χ1v) is 6.86. The van der Waals surface area contributed by atoms with Gasteiger partial charge in [-0.1, -0.05) is 56.9 Å². The molecule has 0 aromatic heterocycles. The van der Waals surface area contributed by atoms with Crippen LogP contribution in [0.5, 0.6) is 0 Å². The summed E-state index contributed by atoms with van der Waals surface area (Å²) < 4.78 is 0. The molecule has 0 atom stereocenters. The second-order valence-electron chi connectivity index (χ2n) is 5.29. The Balaban J connectivity index is 0.000000735. The van der Waals surface area contributed by atoms with Gasteiger partial charge in [-0.3, -0.25) is 0 Å². The van der Waals surface area contributed by atoms with Crippen molar-refractivity contribution in [1.29, 1.82) is 0 Å². The quantitative estimate of drug-likeness (QED) is 0.410. The van der Waals surface area contributed by atoms with Gasteiger partial charge in [0, 0.05) is 0 Å². The van der Waals surface area contributed by atoms with Crippen molar-refractivity contribution in [1.82, 2.24) is 0 Å². The normalized spacial score (nSPS) is 13.4. The summed E-state index contributed by atoms with van der Waals surface area (Å²) >= 11 is 0. The summed E-state index contributed by atoms with van der Waals surface area (Å²) in [5, 5.41) is 5.64. The van der Waals surface area contributed by atoms with Gasteiger partial charge in [-0.25, -0.2) is 0 Å². The molecule has 0 aliphatic heterocycles. The van der Waals surface area contributed by atoms with E-state index in [9.17, 15) is 0 Å². The van der Waals surface area contributed by atoms with Crippen molar-refractivity contribution >= 4 is 30.0 Å². The van der Waals surface area contributed by atoms with Crippen LogP contribution < -0.4 is 29.6 Å². The van der Waals surface area contributed by atoms with Crippen LogP contribution >= 0.6 is 0 Å². The van der Waals surface area contributed by atoms with E-state index in [2.05, 4.69) is 48.5 Å². The fourth-order valence-corrected chi connectivity index (χ4v) is 3.34. The third kappa shape index (κ3) is 2.43. The van der Waals surface area contributed by atoms with Crippen molar-refractivity contribution in [3.05, 3.63) is 59.7 Å². The van der Waals surface area contributed by atoms with Crippen LogP contribution in [0.2, 0.25) is 0 Å². The van der Waals surface area contributed by atoms with Gasteiger partial charge in [0.25, 0.3) is 0 Å². The summed E-state index contributed by atoms with van der Waals surface area (Å²) in [5.74, 6) is 0. The Morgan fingerprint density at radius 3 is 2.30 bits per heavy atom. The third-order valence-electron chi connectivity index (χ3n) is 4.26. The van der Waals surface area contributed by atoms with Crippen LogP contribution in [0, 0.1) is 0 Å². The van der Waals surface area contributed by atoms with E-state index in [1.165, 1.54) is 47.2 Å². The first-order valence-electron chi connectivity index (χ1n) is 6.86. The van der Waals surface area contributed by atoms with Gasteiger partial charge in [0.15, 0.2) is 0 Å². The minimum atomic E-state index is 0. The molecule has 0 fully saturated rings. The molecule has 0 bridgehead atoms. The minimum Gasteiger partial charge on any atom is -0.0626 e. The van der Waals surface area contributed by atoms with E-state index < -0.39 is 0 Å². The predicted molar refractivity (Wildman–Crippen MR) is 89.4 cm³/mol. The molecule has 3 aromatic rings. The molecule has 0 spiro atoms. The smallest absolute Gasteiger partial charge is 0.0626 e. The maximum absolute atomic E-state index is 2.35. The van der Waals surface area contributed by atoms with Gasteiger partial charge in [-0.2, -0.15) is 0 Å². The Bertz CT molecular complexity index is 749. The van der Waals surface area contributed by atoms with E-state index in [1.54, 1.807) is 11.1 Å². The summed E-state index contributed by atoms with van der Waals surface area (Å²) in [5.41, 5.74) is 3.17. The van der Waals surface area contributed by atoms with Crippen molar-refractivity contribution in [2.75, 3.05) is 0 Å². The number of aryl methyl sites for hydroxylation is 2. The number of fused-ring (bicyclic) bond motifs is 5. The topological polar surface area (TPSA) is 0 Å². The van der Waals surface area contributed by atoms with E-state index in [-0.39, 0.29) is 38.0 Å². The molecule has 4 rings (SSSR count). The average Bonchev–Trinajstić information content (AvgIpc) is 2.46. The van der Waals surface area contributed by atoms with Crippen molar-refractivity contribution in [3.63, 3.8) is 0 Å². The molecule has 0 radical (unpaired) electrons. The molecule has 0 nitrogen and oxygen atoms in total. The molecule has 1 aliphatic carbocycles. The maximum Gasteiger partial charge on any atom is 1.00 e. The van der Waals surface area contributed by atoms with Crippen LogP contribution in [0.4, 0.5) is 0 Å². The van der Waals surface area contributed by atoms with Crippen LogP contribution in [0.15, 0.2) is 48.5 Å². The van der Waals surface area contributed by atoms with E-state index in [0.29, 0.717) is 0 Å². The SMILES string of the molecule is [BH4-].[Na+].c1ccc2c(c1)ccc1c3c(ccc12)CCCC3. The van der Waals surface area contributed by atoms with Crippen molar-refractivity contribution in [2.24, 2.45) is 0 Å². The van der Waals surface area contributed by atoms with Crippen molar-refractivity contribution in [2.45, 2.75) is 25.7 Å². The van der Waals surface area contributed by atoms with Gasteiger partial charge in [-0.15, -0.1) is 0 Å². The number of benzene rings is 3. The van der Waals surface area contributed by atoms with Crippen LogP contribution in [0.3, 0.4) is 0 Å². The molecule has 1 aliphatic rings. The summed E-state index contributed by atoms with van der Waals surface area (Å²) in [6, 6.07) is 18.0. The summed E-state index contributed by atoms with van der Waals surface area (Å²) in [6.07, 6.45) is 5.22. The number of rotatable bonds is 0. The average molecular weight is 270 g/mol. The molecule has 0 saturated heterocycles. The van der Waals surface area contributed by atoms with E-state index in [1.807, 2.05) is 0 Å². The van der Waals surface area contributed by atoms with Gasteiger partial charge in [0.05, 0.1) is 0 Å². The zero-order chi connectivity index (χ0) is 11.9. The van der Waals surface area contributed by atoms with Gasteiger partial charge in [0.1, 0.15) is 0 Å². The first-order chi connectivity index (χ1) is 8.93. The van der Waals surface area contributed by atoms with Gasteiger partial charge < -0.3 is 0 Å². The Kier molecular flexibility index (Phi) is 4.96. The Labute approximate surface area is 144 Å². The van der Waals surface area contributed by atoms with E-state index in [0.717, 1.165) is 0 Å². The molecule has 2 heteroatoms. The van der Waals surface area contributed by atoms with E-state index in [4.69, 9.17) is 0 Å². The largest absolute Gasteiger partial charge is 1.00 e. The fourth-order valence-electron chi connectivity index (χ4n) is 3.34. The van der Waals surface area contributed by atoms with Crippen LogP contribution in [-0.2, 0) is 12.8 Å². The molecule has 0 heterocycles. The minimum absolute atomic E-state index is 0. The second kappa shape index (κ2) is 6.34. The van der Waals surface area contributed by atoms with Gasteiger partial charge in [-0.05, 0) is 58.4 Å². The van der Waals surface area contributed by atoms with Gasteiger partial charge >= 0.3 is 29.6 Å². The maximum atomic E-state index is 2.35. The van der Waals surface area contributed by atoms with Gasteiger partial charge in [0.2, 0.25) is 0 Å². The van der Waals surface area contributed by atoms with E-state index >= 15 is 0 Å². The molecule has 0 unspecified atom stereocenters. The van der Waals surface area contributed by atoms with Crippen LogP contribution in [0.25, 0.3) is 21.5 Å². The fraction of sp³-hybridized carbons (Fsp3) is 0.222. The van der Waals surface area contributed by atoms with Crippen LogP contribution in [0.1, 0.15) is 24.0 Å². The standard InChI is InChI=1S/C18H16.BH4.Na/c1-3-7-15-13(5-1)9-11-18-16-8-4-2-6-14(16)10-12-17(15)18;;/h1,3,5,7,9-12H,2,4,6,8H2;1H4;/q;-1;+1. The second-order valence-corrected chi connectivity index (χ2v) is 5.29. The zero-order valence-corrected chi connectivity index (χ0v) is 13.4. The Morgan fingerprint density at radius 2 is 1.40 bits per heavy atom. The summed E-state index contributed by atoms with van der Waals surface area (Å²) in [6.45, 7) is 0. The molecule has 0 amide bonds. The molecule has 0 saturated carbocycles. The van der Waals surface area contributed by atoms with Crippen molar-refractivity contribution in [3.8, 4) is 0 Å². The zero-order valence-electron chi connectivity index (χ0n) is 11.4. The third-order valence-corrected chi connectivity index (χ3v) is 4.26. The molecular weight excluding hydrogens is 250 g/mol. The molecular formula is C18H20BNa. The predicted octanol–water partition coefficient (Wildman–Crippen LogP) is 0.424. The summed E-state index contributed by atoms with van der Waals surface area (Å²) in [7, 11) is 0. The van der Waals surface area contributed by atoms with Crippen LogP contribution in [-0.4, -0.2) is 8.41 Å². The summed E-state index contributed by atoms with van der Waals surface area (Å²) in [4.78, 5) is 0. The molecule has 3 aromatic carbocycles. The Hall–Kier alpha value is -0.755. The molecule has 96 valence electrons. The molecule has 0 N–H and O–H groups in total. The monoisotopic (exact) mass is 270 g/mol. The number of hydrogen-bond acceptors (Lipinski definition) is 0. The molecule has 20 heavy (non-hydrogen) atoms. The first kappa shape index (κ1) is 15.6.